The number of hydrogen-bond acceptors (Lipinski definition) is 5. The lowest BCUT2D eigenvalue weighted by Crippen LogP contribution is -2.34. The average molecular weight is 293 g/mol. The van der Waals surface area contributed by atoms with Gasteiger partial charge in [-0.15, -0.1) is 0 Å². The van der Waals surface area contributed by atoms with Crippen LogP contribution < -0.4 is 10.2 Å². The molecule has 3 rings (SSSR count). The Kier molecular flexibility index (Phi) is 4.08. The molecule has 6 nitrogen and oxygen atoms in total. The van der Waals surface area contributed by atoms with E-state index >= 15 is 0 Å². The zero-order valence-electron chi connectivity index (χ0n) is 11.9. The first kappa shape index (κ1) is 14.2. The molecule has 6 heteroatoms. The van der Waals surface area contributed by atoms with E-state index < -0.39 is 0 Å². The van der Waals surface area contributed by atoms with Crippen LogP contribution in [0.5, 0.6) is 0 Å². The van der Waals surface area contributed by atoms with Gasteiger partial charge in [0.15, 0.2) is 6.19 Å². The lowest BCUT2D eigenvalue weighted by molar-refractivity contribution is -0.121. The molecule has 0 radical (unpaired) electrons. The van der Waals surface area contributed by atoms with Crippen LogP contribution in [0.4, 0.5) is 5.82 Å². The number of anilines is 1. The molecule has 0 saturated carbocycles. The third-order valence-electron chi connectivity index (χ3n) is 3.70. The van der Waals surface area contributed by atoms with E-state index in [1.165, 1.54) is 0 Å². The van der Waals surface area contributed by atoms with Crippen molar-refractivity contribution in [1.82, 2.24) is 15.3 Å². The van der Waals surface area contributed by atoms with Crippen LogP contribution in [0, 0.1) is 17.4 Å². The van der Waals surface area contributed by atoms with Gasteiger partial charge >= 0.3 is 0 Å². The van der Waals surface area contributed by atoms with Crippen molar-refractivity contribution in [2.45, 2.75) is 6.42 Å². The van der Waals surface area contributed by atoms with E-state index in [2.05, 4.69) is 15.3 Å². The van der Waals surface area contributed by atoms with Crippen LogP contribution in [0.1, 0.15) is 6.42 Å². The molecule has 1 saturated heterocycles. The van der Waals surface area contributed by atoms with Gasteiger partial charge in [0, 0.05) is 36.3 Å². The molecular formula is C16H15N5O. The third-order valence-corrected chi connectivity index (χ3v) is 3.70. The van der Waals surface area contributed by atoms with Crippen molar-refractivity contribution in [3.8, 4) is 17.3 Å². The summed E-state index contributed by atoms with van der Waals surface area (Å²) in [5.74, 6) is 0.000572. The van der Waals surface area contributed by atoms with Crippen LogP contribution in [-0.2, 0) is 4.79 Å². The minimum Gasteiger partial charge on any atom is -0.316 e. The molecule has 1 aliphatic heterocycles. The number of aromatic nitrogens is 2. The lowest BCUT2D eigenvalue weighted by atomic mass is 10.1. The van der Waals surface area contributed by atoms with Crippen LogP contribution >= 0.6 is 0 Å². The monoisotopic (exact) mass is 293 g/mol. The van der Waals surface area contributed by atoms with Gasteiger partial charge in [0.05, 0.1) is 5.92 Å². The summed E-state index contributed by atoms with van der Waals surface area (Å²) in [4.78, 5) is 21.7. The topological polar surface area (TPSA) is 81.9 Å². The average Bonchev–Trinajstić information content (AvgIpc) is 3.11. The molecular weight excluding hydrogens is 278 g/mol. The summed E-state index contributed by atoms with van der Waals surface area (Å²) in [6.45, 7) is 1.42. The predicted molar refractivity (Wildman–Crippen MR) is 81.5 cm³/mol. The summed E-state index contributed by atoms with van der Waals surface area (Å²) in [7, 11) is 0. The van der Waals surface area contributed by atoms with Gasteiger partial charge < -0.3 is 5.32 Å². The van der Waals surface area contributed by atoms with Crippen LogP contribution in [0.3, 0.4) is 0 Å². The number of pyridine rings is 2. The smallest absolute Gasteiger partial charge is 0.246 e. The molecule has 1 N–H and O–H groups in total. The fraction of sp³-hybridized carbons (Fsp3) is 0.250. The molecule has 110 valence electrons. The molecule has 0 aliphatic carbocycles. The van der Waals surface area contributed by atoms with Crippen molar-refractivity contribution < 1.29 is 4.79 Å². The SMILES string of the molecule is N#CN(C(=O)C1CCNC1)c1ccc(-c2cccnc2)cn1. The second kappa shape index (κ2) is 6.33. The normalized spacial score (nSPS) is 17.0. The summed E-state index contributed by atoms with van der Waals surface area (Å²) in [6.07, 6.45) is 7.79. The number of nitrogens with zero attached hydrogens (tertiary/aromatic N) is 4. The predicted octanol–water partition coefficient (Wildman–Crippen LogP) is 1.57. The fourth-order valence-electron chi connectivity index (χ4n) is 2.48. The number of carbonyl (C=O) groups is 1. The standard InChI is InChI=1S/C16H15N5O/c17-11-21(16(22)14-5-7-19-9-14)15-4-3-13(10-20-15)12-2-1-6-18-8-12/h1-4,6,8,10,14,19H,5,7,9H2. The molecule has 0 aromatic carbocycles. The van der Waals surface area contributed by atoms with Gasteiger partial charge in [0.2, 0.25) is 5.91 Å². The van der Waals surface area contributed by atoms with E-state index in [0.29, 0.717) is 12.4 Å². The van der Waals surface area contributed by atoms with Crippen molar-refractivity contribution >= 4 is 11.7 Å². The summed E-state index contributed by atoms with van der Waals surface area (Å²) in [5.41, 5.74) is 1.83. The van der Waals surface area contributed by atoms with Crippen LogP contribution in [0.15, 0.2) is 42.9 Å². The van der Waals surface area contributed by atoms with Gasteiger partial charge in [-0.1, -0.05) is 6.07 Å². The Morgan fingerprint density at radius 2 is 2.18 bits per heavy atom. The molecule has 1 fully saturated rings. The lowest BCUT2D eigenvalue weighted by Gasteiger charge is -2.16. The molecule has 0 bridgehead atoms. The van der Waals surface area contributed by atoms with E-state index in [1.54, 1.807) is 24.7 Å². The minimum atomic E-state index is -0.200. The first-order valence-electron chi connectivity index (χ1n) is 7.10. The molecule has 0 spiro atoms. The van der Waals surface area contributed by atoms with Crippen molar-refractivity contribution in [2.24, 2.45) is 5.92 Å². The first-order valence-corrected chi connectivity index (χ1v) is 7.10. The molecule has 1 atom stereocenters. The molecule has 2 aromatic heterocycles. The van der Waals surface area contributed by atoms with Crippen molar-refractivity contribution in [3.63, 3.8) is 0 Å². The quantitative estimate of drug-likeness (QED) is 0.686. The van der Waals surface area contributed by atoms with Crippen LogP contribution in [-0.4, -0.2) is 29.0 Å². The largest absolute Gasteiger partial charge is 0.316 e. The Bertz CT molecular complexity index is 687. The number of rotatable bonds is 3. The second-order valence-electron chi connectivity index (χ2n) is 5.11. The second-order valence-corrected chi connectivity index (χ2v) is 5.11. The molecule has 2 aromatic rings. The molecule has 22 heavy (non-hydrogen) atoms. The first-order chi connectivity index (χ1) is 10.8. The van der Waals surface area contributed by atoms with E-state index in [9.17, 15) is 10.1 Å². The molecule has 1 amide bonds. The zero-order valence-corrected chi connectivity index (χ0v) is 11.9. The number of nitriles is 1. The van der Waals surface area contributed by atoms with Gasteiger partial charge in [0.1, 0.15) is 5.82 Å². The Morgan fingerprint density at radius 1 is 1.32 bits per heavy atom. The number of amides is 1. The van der Waals surface area contributed by atoms with Crippen molar-refractivity contribution in [2.75, 3.05) is 18.0 Å². The van der Waals surface area contributed by atoms with Crippen molar-refractivity contribution in [1.29, 1.82) is 5.26 Å². The van der Waals surface area contributed by atoms with Gasteiger partial charge in [0.25, 0.3) is 0 Å². The Morgan fingerprint density at radius 3 is 2.77 bits per heavy atom. The van der Waals surface area contributed by atoms with Gasteiger partial charge in [-0.3, -0.25) is 9.78 Å². The molecule has 1 aliphatic rings. The van der Waals surface area contributed by atoms with E-state index in [4.69, 9.17) is 0 Å². The van der Waals surface area contributed by atoms with E-state index in [0.717, 1.165) is 29.0 Å². The fourth-order valence-corrected chi connectivity index (χ4v) is 2.48. The van der Waals surface area contributed by atoms with Crippen molar-refractivity contribution in [3.05, 3.63) is 42.9 Å². The maximum atomic E-state index is 12.3. The number of carbonyl (C=O) groups excluding carboxylic acids is 1. The third kappa shape index (κ3) is 2.80. The highest BCUT2D eigenvalue weighted by Gasteiger charge is 2.28. The number of nitrogens with one attached hydrogen (secondary N) is 1. The maximum Gasteiger partial charge on any atom is 0.246 e. The zero-order chi connectivity index (χ0) is 15.4. The Hall–Kier alpha value is -2.78. The van der Waals surface area contributed by atoms with Gasteiger partial charge in [-0.2, -0.15) is 10.2 Å². The Labute approximate surface area is 128 Å². The minimum absolute atomic E-state index is 0.153. The highest BCUT2D eigenvalue weighted by Crippen LogP contribution is 2.21. The maximum absolute atomic E-state index is 12.3. The number of hydrogen-bond donors (Lipinski definition) is 1. The van der Waals surface area contributed by atoms with Crippen LogP contribution in [0.2, 0.25) is 0 Å². The highest BCUT2D eigenvalue weighted by molar-refractivity contribution is 5.97. The van der Waals surface area contributed by atoms with E-state index in [1.807, 2.05) is 24.4 Å². The summed E-state index contributed by atoms with van der Waals surface area (Å²) >= 11 is 0. The highest BCUT2D eigenvalue weighted by atomic mass is 16.2. The Balaban J connectivity index is 1.82. The summed E-state index contributed by atoms with van der Waals surface area (Å²) in [6, 6.07) is 7.30. The molecule has 1 unspecified atom stereocenters. The van der Waals surface area contributed by atoms with E-state index in [-0.39, 0.29) is 11.8 Å². The molecule has 3 heterocycles. The van der Waals surface area contributed by atoms with Gasteiger partial charge in [-0.25, -0.2) is 4.98 Å². The summed E-state index contributed by atoms with van der Waals surface area (Å²) in [5, 5.41) is 12.4. The van der Waals surface area contributed by atoms with Crippen LogP contribution in [0.25, 0.3) is 11.1 Å². The van der Waals surface area contributed by atoms with Gasteiger partial charge in [-0.05, 0) is 31.2 Å². The summed E-state index contributed by atoms with van der Waals surface area (Å²) < 4.78 is 0.